The molecule has 2 aromatic heterocycles. The molecule has 3 heterocycles. The van der Waals surface area contributed by atoms with E-state index in [4.69, 9.17) is 15.5 Å². The largest absolute Gasteiger partial charge is 0.493 e. The summed E-state index contributed by atoms with van der Waals surface area (Å²) in [5, 5.41) is 0.704. The molecule has 3 N–H and O–H groups in total. The van der Waals surface area contributed by atoms with Gasteiger partial charge in [0.2, 0.25) is 0 Å². The summed E-state index contributed by atoms with van der Waals surface area (Å²) in [6.07, 6.45) is 9.88. The number of hydrogen-bond acceptors (Lipinski definition) is 6. The van der Waals surface area contributed by atoms with Gasteiger partial charge in [0.1, 0.15) is 11.5 Å². The van der Waals surface area contributed by atoms with Crippen LogP contribution in [0, 0.1) is 11.6 Å². The third kappa shape index (κ3) is 5.26. The average molecular weight is 486 g/mol. The standard InChI is InChI=1S/C25H29F2N5OS/c1-3-8-34-32-6-4-19(5-7-32)29-14-17(12-28)16-9-21-22(15-31-25(21)30-13-16)20-10-18(26)11-23(27)24(20)33-2/h9-15,19H,3-8,28H2,1-2H3,(H,30,31). The van der Waals surface area contributed by atoms with Crippen molar-refractivity contribution < 1.29 is 13.5 Å². The van der Waals surface area contributed by atoms with Gasteiger partial charge in [0.05, 0.1) is 13.2 Å². The summed E-state index contributed by atoms with van der Waals surface area (Å²) in [7, 11) is 1.36. The second-order valence-corrected chi connectivity index (χ2v) is 9.37. The molecule has 6 nitrogen and oxygen atoms in total. The molecule has 34 heavy (non-hydrogen) atoms. The summed E-state index contributed by atoms with van der Waals surface area (Å²) in [6, 6.07) is 4.21. The summed E-state index contributed by atoms with van der Waals surface area (Å²) < 4.78 is 35.9. The van der Waals surface area contributed by atoms with E-state index in [0.717, 1.165) is 48.9 Å². The lowest BCUT2D eigenvalue weighted by Gasteiger charge is -2.28. The molecule has 1 aliphatic heterocycles. The van der Waals surface area contributed by atoms with Gasteiger partial charge in [0.15, 0.2) is 11.6 Å². The Morgan fingerprint density at radius 1 is 1.29 bits per heavy atom. The molecule has 0 saturated carbocycles. The number of pyridine rings is 1. The Hall–Kier alpha value is -2.91. The number of rotatable bonds is 8. The molecule has 9 heteroatoms. The number of methoxy groups -OCH3 is 1. The fraction of sp³-hybridized carbons (Fsp3) is 0.360. The molecule has 4 rings (SSSR count). The zero-order chi connectivity index (χ0) is 24.1. The van der Waals surface area contributed by atoms with Crippen molar-refractivity contribution in [3.63, 3.8) is 0 Å². The number of nitrogens with zero attached hydrogens (tertiary/aromatic N) is 3. The van der Waals surface area contributed by atoms with Gasteiger partial charge in [-0.2, -0.15) is 0 Å². The average Bonchev–Trinajstić information content (AvgIpc) is 3.26. The number of nitrogens with two attached hydrogens (primary N) is 1. The molecular formula is C25H29F2N5OS. The van der Waals surface area contributed by atoms with E-state index in [9.17, 15) is 8.78 Å². The number of aliphatic imine (C=N–C) groups is 1. The van der Waals surface area contributed by atoms with Crippen molar-refractivity contribution in [3.05, 3.63) is 54.0 Å². The number of aromatic amines is 1. The third-order valence-electron chi connectivity index (χ3n) is 5.87. The highest BCUT2D eigenvalue weighted by Crippen LogP contribution is 2.37. The Balaban J connectivity index is 1.58. The van der Waals surface area contributed by atoms with Crippen molar-refractivity contribution in [3.8, 4) is 16.9 Å². The topological polar surface area (TPSA) is 79.5 Å². The molecule has 0 amide bonds. The van der Waals surface area contributed by atoms with E-state index in [1.807, 2.05) is 18.0 Å². The van der Waals surface area contributed by atoms with E-state index in [-0.39, 0.29) is 11.8 Å². The van der Waals surface area contributed by atoms with Crippen LogP contribution in [0.25, 0.3) is 27.7 Å². The zero-order valence-corrected chi connectivity index (χ0v) is 20.2. The maximum Gasteiger partial charge on any atom is 0.168 e. The monoisotopic (exact) mass is 485 g/mol. The van der Waals surface area contributed by atoms with Gasteiger partial charge in [-0.05, 0) is 31.4 Å². The minimum atomic E-state index is -0.759. The number of benzene rings is 1. The first-order valence-electron chi connectivity index (χ1n) is 11.4. The zero-order valence-electron chi connectivity index (χ0n) is 19.4. The van der Waals surface area contributed by atoms with E-state index in [0.29, 0.717) is 22.2 Å². The number of allylic oxidation sites excluding steroid dienone is 1. The number of piperidine rings is 1. The Kier molecular flexibility index (Phi) is 7.84. The van der Waals surface area contributed by atoms with E-state index in [2.05, 4.69) is 21.2 Å². The van der Waals surface area contributed by atoms with E-state index in [1.165, 1.54) is 25.8 Å². The molecule has 180 valence electrons. The minimum Gasteiger partial charge on any atom is -0.493 e. The Morgan fingerprint density at radius 3 is 2.79 bits per heavy atom. The molecule has 0 radical (unpaired) electrons. The van der Waals surface area contributed by atoms with Gasteiger partial charge in [-0.15, -0.1) is 0 Å². The molecule has 0 bridgehead atoms. The number of halogens is 2. The van der Waals surface area contributed by atoms with Crippen LogP contribution >= 0.6 is 11.9 Å². The van der Waals surface area contributed by atoms with Crippen LogP contribution in [0.3, 0.4) is 0 Å². The maximum absolute atomic E-state index is 14.3. The molecule has 0 aliphatic carbocycles. The van der Waals surface area contributed by atoms with Crippen LogP contribution in [0.2, 0.25) is 0 Å². The predicted molar refractivity (Wildman–Crippen MR) is 136 cm³/mol. The smallest absolute Gasteiger partial charge is 0.168 e. The third-order valence-corrected chi connectivity index (χ3v) is 7.19. The van der Waals surface area contributed by atoms with Crippen LogP contribution in [0.1, 0.15) is 31.7 Å². The molecule has 1 aromatic carbocycles. The van der Waals surface area contributed by atoms with Gasteiger partial charge in [-0.3, -0.25) is 9.30 Å². The highest BCUT2D eigenvalue weighted by molar-refractivity contribution is 7.97. The number of nitrogens with one attached hydrogen (secondary N) is 1. The number of H-pyrrole nitrogens is 1. The van der Waals surface area contributed by atoms with E-state index < -0.39 is 11.6 Å². The second kappa shape index (κ2) is 11.0. The molecule has 1 fully saturated rings. The van der Waals surface area contributed by atoms with E-state index >= 15 is 0 Å². The number of hydrogen-bond donors (Lipinski definition) is 2. The molecule has 3 aromatic rings. The Labute approximate surface area is 202 Å². The van der Waals surface area contributed by atoms with Crippen molar-refractivity contribution in [2.45, 2.75) is 32.2 Å². The summed E-state index contributed by atoms with van der Waals surface area (Å²) in [4.78, 5) is 12.3. The Morgan fingerprint density at radius 2 is 2.09 bits per heavy atom. The predicted octanol–water partition coefficient (Wildman–Crippen LogP) is 5.41. The van der Waals surface area contributed by atoms with Crippen LogP contribution in [0.4, 0.5) is 8.78 Å². The van der Waals surface area contributed by atoms with Crippen molar-refractivity contribution in [1.82, 2.24) is 14.3 Å². The van der Waals surface area contributed by atoms with Crippen LogP contribution in [-0.2, 0) is 0 Å². The number of fused-ring (bicyclic) bond motifs is 1. The number of aromatic nitrogens is 2. The van der Waals surface area contributed by atoms with Gasteiger partial charge in [-0.1, -0.05) is 18.9 Å². The van der Waals surface area contributed by atoms with Crippen molar-refractivity contribution in [1.29, 1.82) is 0 Å². The molecular weight excluding hydrogens is 456 g/mol. The van der Waals surface area contributed by atoms with Gasteiger partial charge in [0.25, 0.3) is 0 Å². The van der Waals surface area contributed by atoms with Gasteiger partial charge < -0.3 is 15.5 Å². The number of ether oxygens (including phenoxy) is 1. The first-order chi connectivity index (χ1) is 16.5. The van der Waals surface area contributed by atoms with Crippen LogP contribution in [0.5, 0.6) is 5.75 Å². The SMILES string of the molecule is CCCSN1CCC(N=CC(=CN)c2cnc3[nH]cc(-c4cc(F)cc(F)c4OC)c3c2)CC1. The fourth-order valence-electron chi connectivity index (χ4n) is 4.09. The normalized spacial score (nSPS) is 16.1. The summed E-state index contributed by atoms with van der Waals surface area (Å²) in [5.41, 5.74) is 8.93. The van der Waals surface area contributed by atoms with Gasteiger partial charge in [-0.25, -0.2) is 13.8 Å². The lowest BCUT2D eigenvalue weighted by atomic mass is 10.0. The molecule has 0 atom stereocenters. The molecule has 1 aliphatic rings. The van der Waals surface area contributed by atoms with Crippen molar-refractivity contribution in [2.75, 3.05) is 26.0 Å². The molecule has 0 spiro atoms. The Bertz CT molecular complexity index is 1200. The summed E-state index contributed by atoms with van der Waals surface area (Å²) >= 11 is 1.91. The first kappa shape index (κ1) is 24.2. The summed E-state index contributed by atoms with van der Waals surface area (Å²) in [5.74, 6) is -0.309. The van der Waals surface area contributed by atoms with Gasteiger partial charge in [0, 0.05) is 77.4 Å². The van der Waals surface area contributed by atoms with Crippen molar-refractivity contribution in [2.24, 2.45) is 10.7 Å². The highest BCUT2D eigenvalue weighted by atomic mass is 32.2. The highest BCUT2D eigenvalue weighted by Gasteiger charge is 2.19. The molecule has 1 saturated heterocycles. The fourth-order valence-corrected chi connectivity index (χ4v) is 5.00. The first-order valence-corrected chi connectivity index (χ1v) is 12.3. The van der Waals surface area contributed by atoms with Gasteiger partial charge >= 0.3 is 0 Å². The second-order valence-electron chi connectivity index (χ2n) is 8.18. The molecule has 0 unspecified atom stereocenters. The maximum atomic E-state index is 14.3. The van der Waals surface area contributed by atoms with E-state index in [1.54, 1.807) is 18.6 Å². The summed E-state index contributed by atoms with van der Waals surface area (Å²) in [6.45, 7) is 4.25. The van der Waals surface area contributed by atoms with Crippen LogP contribution < -0.4 is 10.5 Å². The lowest BCUT2D eigenvalue weighted by Crippen LogP contribution is -2.30. The van der Waals surface area contributed by atoms with Crippen molar-refractivity contribution >= 4 is 34.8 Å². The lowest BCUT2D eigenvalue weighted by molar-refractivity contribution is 0.348. The van der Waals surface area contributed by atoms with Crippen LogP contribution in [0.15, 0.2) is 41.8 Å². The van der Waals surface area contributed by atoms with Crippen LogP contribution in [-0.4, -0.2) is 52.5 Å². The quantitative estimate of drug-likeness (QED) is 0.329. The minimum absolute atomic E-state index is 0.0210.